The second kappa shape index (κ2) is 6.11. The molecular formula is C10H18N2OS. The van der Waals surface area contributed by atoms with Gasteiger partial charge in [-0.2, -0.15) is 0 Å². The van der Waals surface area contributed by atoms with Crippen LogP contribution in [0, 0.1) is 0 Å². The zero-order valence-electron chi connectivity index (χ0n) is 9.04. The third-order valence-corrected chi connectivity index (χ3v) is 2.95. The smallest absolute Gasteiger partial charge is 0.119 e. The molecule has 0 bridgehead atoms. The lowest BCUT2D eigenvalue weighted by Crippen LogP contribution is -2.15. The molecular weight excluding hydrogens is 196 g/mol. The molecule has 0 amide bonds. The van der Waals surface area contributed by atoms with Crippen LogP contribution in [0.1, 0.15) is 37.0 Å². The van der Waals surface area contributed by atoms with Crippen molar-refractivity contribution in [1.29, 1.82) is 0 Å². The van der Waals surface area contributed by atoms with Crippen LogP contribution in [-0.4, -0.2) is 18.6 Å². The molecule has 1 heterocycles. The zero-order valence-corrected chi connectivity index (χ0v) is 9.86. The van der Waals surface area contributed by atoms with Gasteiger partial charge in [0.1, 0.15) is 5.01 Å². The average Bonchev–Trinajstić information content (AvgIpc) is 2.65. The van der Waals surface area contributed by atoms with E-state index >= 15 is 0 Å². The number of nitrogens with zero attached hydrogens (tertiary/aromatic N) is 1. The Morgan fingerprint density at radius 3 is 2.93 bits per heavy atom. The summed E-state index contributed by atoms with van der Waals surface area (Å²) in [4.78, 5) is 4.52. The van der Waals surface area contributed by atoms with E-state index in [1.165, 1.54) is 0 Å². The van der Waals surface area contributed by atoms with Gasteiger partial charge in [0.15, 0.2) is 0 Å². The van der Waals surface area contributed by atoms with Gasteiger partial charge in [-0.1, -0.05) is 6.92 Å². The molecule has 4 heteroatoms. The molecule has 1 atom stereocenters. The Bertz CT molecular complexity index is 258. The lowest BCUT2D eigenvalue weighted by atomic mass is 10.2. The molecule has 0 spiro atoms. The zero-order chi connectivity index (χ0) is 10.4. The third kappa shape index (κ3) is 3.04. The Morgan fingerprint density at radius 1 is 1.57 bits per heavy atom. The van der Waals surface area contributed by atoms with Gasteiger partial charge in [-0.3, -0.25) is 0 Å². The SMILES string of the molecule is CCOCc1nc(C(CC)NC)cs1. The summed E-state index contributed by atoms with van der Waals surface area (Å²) in [5.74, 6) is 0. The molecule has 1 rings (SSSR count). The normalized spacial score (nSPS) is 13.1. The maximum atomic E-state index is 5.31. The first-order valence-electron chi connectivity index (χ1n) is 5.01. The monoisotopic (exact) mass is 214 g/mol. The molecule has 0 saturated carbocycles. The van der Waals surface area contributed by atoms with Crippen LogP contribution >= 0.6 is 11.3 Å². The van der Waals surface area contributed by atoms with Crippen LogP contribution in [0.4, 0.5) is 0 Å². The van der Waals surface area contributed by atoms with Gasteiger partial charge in [0.05, 0.1) is 12.3 Å². The van der Waals surface area contributed by atoms with E-state index < -0.39 is 0 Å². The summed E-state index contributed by atoms with van der Waals surface area (Å²) < 4.78 is 5.31. The highest BCUT2D eigenvalue weighted by molar-refractivity contribution is 7.09. The Morgan fingerprint density at radius 2 is 2.36 bits per heavy atom. The summed E-state index contributed by atoms with van der Waals surface area (Å²) in [5, 5.41) is 6.42. The lowest BCUT2D eigenvalue weighted by molar-refractivity contribution is 0.133. The van der Waals surface area contributed by atoms with E-state index in [1.807, 2.05) is 14.0 Å². The van der Waals surface area contributed by atoms with Gasteiger partial charge >= 0.3 is 0 Å². The van der Waals surface area contributed by atoms with Crippen LogP contribution in [0.15, 0.2) is 5.38 Å². The van der Waals surface area contributed by atoms with Gasteiger partial charge in [-0.25, -0.2) is 4.98 Å². The van der Waals surface area contributed by atoms with Crippen molar-refractivity contribution in [2.45, 2.75) is 32.9 Å². The maximum absolute atomic E-state index is 5.31. The van der Waals surface area contributed by atoms with Gasteiger partial charge in [0.25, 0.3) is 0 Å². The molecule has 1 unspecified atom stereocenters. The number of rotatable bonds is 6. The quantitative estimate of drug-likeness (QED) is 0.789. The van der Waals surface area contributed by atoms with Crippen LogP contribution in [-0.2, 0) is 11.3 Å². The van der Waals surface area contributed by atoms with E-state index in [9.17, 15) is 0 Å². The second-order valence-electron chi connectivity index (χ2n) is 3.05. The molecule has 1 aromatic rings. The number of thiazole rings is 1. The highest BCUT2D eigenvalue weighted by Crippen LogP contribution is 2.19. The number of hydrogen-bond acceptors (Lipinski definition) is 4. The fourth-order valence-corrected chi connectivity index (χ4v) is 2.09. The average molecular weight is 214 g/mol. The number of hydrogen-bond donors (Lipinski definition) is 1. The van der Waals surface area contributed by atoms with Gasteiger partial charge in [-0.05, 0) is 20.4 Å². The fraction of sp³-hybridized carbons (Fsp3) is 0.700. The predicted octanol–water partition coefficient (Wildman–Crippen LogP) is 2.35. The van der Waals surface area contributed by atoms with Crippen LogP contribution < -0.4 is 5.32 Å². The molecule has 14 heavy (non-hydrogen) atoms. The number of aromatic nitrogens is 1. The summed E-state index contributed by atoms with van der Waals surface area (Å²) in [6, 6.07) is 0.377. The van der Waals surface area contributed by atoms with Crippen LogP contribution in [0.3, 0.4) is 0 Å². The minimum absolute atomic E-state index is 0.377. The van der Waals surface area contributed by atoms with E-state index in [1.54, 1.807) is 11.3 Å². The van der Waals surface area contributed by atoms with Crippen molar-refractivity contribution in [2.24, 2.45) is 0 Å². The Kier molecular flexibility index (Phi) is 5.07. The molecule has 0 aromatic carbocycles. The first kappa shape index (κ1) is 11.6. The summed E-state index contributed by atoms with van der Waals surface area (Å²) in [6.45, 7) is 5.54. The first-order valence-corrected chi connectivity index (χ1v) is 5.89. The molecule has 3 nitrogen and oxygen atoms in total. The summed E-state index contributed by atoms with van der Waals surface area (Å²) in [5.41, 5.74) is 1.13. The Labute approximate surface area is 89.5 Å². The predicted molar refractivity (Wildman–Crippen MR) is 59.5 cm³/mol. The van der Waals surface area contributed by atoms with Gasteiger partial charge in [0.2, 0.25) is 0 Å². The molecule has 0 saturated heterocycles. The van der Waals surface area contributed by atoms with E-state index in [0.717, 1.165) is 23.7 Å². The minimum Gasteiger partial charge on any atom is -0.375 e. The van der Waals surface area contributed by atoms with Crippen LogP contribution in [0.2, 0.25) is 0 Å². The molecule has 1 N–H and O–H groups in total. The van der Waals surface area contributed by atoms with Crippen LogP contribution in [0.5, 0.6) is 0 Å². The second-order valence-corrected chi connectivity index (χ2v) is 4.00. The fourth-order valence-electron chi connectivity index (χ4n) is 1.30. The van der Waals surface area contributed by atoms with Crippen molar-refractivity contribution >= 4 is 11.3 Å². The largest absolute Gasteiger partial charge is 0.375 e. The molecule has 0 fully saturated rings. The van der Waals surface area contributed by atoms with Gasteiger partial charge in [0, 0.05) is 18.0 Å². The highest BCUT2D eigenvalue weighted by Gasteiger charge is 2.10. The molecule has 1 aromatic heterocycles. The van der Waals surface area contributed by atoms with E-state index in [0.29, 0.717) is 12.6 Å². The van der Waals surface area contributed by atoms with Crippen molar-refractivity contribution in [3.63, 3.8) is 0 Å². The van der Waals surface area contributed by atoms with Crippen molar-refractivity contribution < 1.29 is 4.74 Å². The standard InChI is InChI=1S/C10H18N2OS/c1-4-8(11-3)9-7-14-10(12-9)6-13-5-2/h7-8,11H,4-6H2,1-3H3. The topological polar surface area (TPSA) is 34.1 Å². The summed E-state index contributed by atoms with van der Waals surface area (Å²) in [7, 11) is 1.97. The van der Waals surface area contributed by atoms with E-state index in [-0.39, 0.29) is 0 Å². The van der Waals surface area contributed by atoms with Crippen LogP contribution in [0.25, 0.3) is 0 Å². The number of ether oxygens (including phenoxy) is 1. The summed E-state index contributed by atoms with van der Waals surface area (Å²) >= 11 is 1.67. The molecule has 0 aliphatic rings. The number of nitrogens with one attached hydrogen (secondary N) is 1. The molecule has 0 aliphatic heterocycles. The molecule has 0 radical (unpaired) electrons. The van der Waals surface area contributed by atoms with Crippen molar-refractivity contribution in [2.75, 3.05) is 13.7 Å². The van der Waals surface area contributed by atoms with Gasteiger partial charge < -0.3 is 10.1 Å². The highest BCUT2D eigenvalue weighted by atomic mass is 32.1. The lowest BCUT2D eigenvalue weighted by Gasteiger charge is -2.09. The minimum atomic E-state index is 0.377. The Balaban J connectivity index is 2.57. The third-order valence-electron chi connectivity index (χ3n) is 2.11. The molecule has 0 aliphatic carbocycles. The van der Waals surface area contributed by atoms with Crippen molar-refractivity contribution in [1.82, 2.24) is 10.3 Å². The maximum Gasteiger partial charge on any atom is 0.119 e. The van der Waals surface area contributed by atoms with Crippen molar-refractivity contribution in [3.05, 3.63) is 16.1 Å². The van der Waals surface area contributed by atoms with Crippen molar-refractivity contribution in [3.8, 4) is 0 Å². The van der Waals surface area contributed by atoms with E-state index in [4.69, 9.17) is 4.74 Å². The Hall–Kier alpha value is -0.450. The summed E-state index contributed by atoms with van der Waals surface area (Å²) in [6.07, 6.45) is 1.06. The first-order chi connectivity index (χ1) is 6.81. The van der Waals surface area contributed by atoms with Gasteiger partial charge in [-0.15, -0.1) is 11.3 Å². The molecule has 80 valence electrons. The van der Waals surface area contributed by atoms with E-state index in [2.05, 4.69) is 22.6 Å².